The van der Waals surface area contributed by atoms with Gasteiger partial charge in [0.1, 0.15) is 6.04 Å². The molecule has 29 heavy (non-hydrogen) atoms. The predicted molar refractivity (Wildman–Crippen MR) is 117 cm³/mol. The van der Waals surface area contributed by atoms with Crippen LogP contribution < -0.4 is 5.32 Å². The molecule has 6 nitrogen and oxygen atoms in total. The van der Waals surface area contributed by atoms with Crippen molar-refractivity contribution in [1.82, 2.24) is 19.6 Å². The van der Waals surface area contributed by atoms with Crippen molar-refractivity contribution < 1.29 is 4.79 Å². The molecule has 0 bridgehead atoms. The highest BCUT2D eigenvalue weighted by molar-refractivity contribution is 6.31. The molecule has 3 rings (SSSR count). The van der Waals surface area contributed by atoms with Crippen molar-refractivity contribution in [2.24, 2.45) is 0 Å². The van der Waals surface area contributed by atoms with E-state index in [-0.39, 0.29) is 5.91 Å². The minimum atomic E-state index is -0.445. The molecule has 0 fully saturated rings. The van der Waals surface area contributed by atoms with Gasteiger partial charge in [0, 0.05) is 5.02 Å². The summed E-state index contributed by atoms with van der Waals surface area (Å²) in [5.41, 5.74) is 4.99. The fraction of sp³-hybridized carbons (Fsp3) is 0.381. The van der Waals surface area contributed by atoms with Gasteiger partial charge in [-0.2, -0.15) is 10.2 Å². The van der Waals surface area contributed by atoms with Gasteiger partial charge in [-0.1, -0.05) is 42.3 Å². The molecule has 1 N–H and O–H groups in total. The average Bonchev–Trinajstić information content (AvgIpc) is 3.09. The van der Waals surface area contributed by atoms with Gasteiger partial charge < -0.3 is 5.32 Å². The smallest absolute Gasteiger partial charge is 0.249 e. The van der Waals surface area contributed by atoms with Crippen molar-refractivity contribution in [3.8, 4) is 0 Å². The Labute approximate surface area is 180 Å². The number of nitrogens with one attached hydrogen (secondary N) is 1. The SMILES string of the molecule is CCC(C(=O)Nc1c(C)nn(Cc2ccc(Cl)cc2)c1C)n1nc(C)c(Cl)c1C. The number of aryl methyl sites for hydroxylation is 2. The van der Waals surface area contributed by atoms with E-state index in [1.54, 1.807) is 4.68 Å². The summed E-state index contributed by atoms with van der Waals surface area (Å²) in [5.74, 6) is -0.132. The Kier molecular flexibility index (Phi) is 6.34. The Morgan fingerprint density at radius 1 is 1.03 bits per heavy atom. The Morgan fingerprint density at radius 2 is 1.69 bits per heavy atom. The van der Waals surface area contributed by atoms with Gasteiger partial charge in [-0.05, 0) is 51.8 Å². The van der Waals surface area contributed by atoms with Crippen molar-refractivity contribution in [2.75, 3.05) is 5.32 Å². The zero-order valence-electron chi connectivity index (χ0n) is 17.3. The van der Waals surface area contributed by atoms with Crippen LogP contribution in [0.4, 0.5) is 5.69 Å². The van der Waals surface area contributed by atoms with E-state index in [1.165, 1.54) is 0 Å². The predicted octanol–water partition coefficient (Wildman–Crippen LogP) is 5.26. The normalized spacial score (nSPS) is 12.2. The second-order valence-corrected chi connectivity index (χ2v) is 7.99. The first-order valence-electron chi connectivity index (χ1n) is 9.53. The highest BCUT2D eigenvalue weighted by Crippen LogP contribution is 2.26. The summed E-state index contributed by atoms with van der Waals surface area (Å²) in [6, 6.07) is 7.21. The number of rotatable bonds is 6. The largest absolute Gasteiger partial charge is 0.321 e. The quantitative estimate of drug-likeness (QED) is 0.576. The van der Waals surface area contributed by atoms with E-state index in [1.807, 2.05) is 63.6 Å². The molecule has 0 aliphatic heterocycles. The lowest BCUT2D eigenvalue weighted by molar-refractivity contribution is -0.119. The van der Waals surface area contributed by atoms with E-state index >= 15 is 0 Å². The van der Waals surface area contributed by atoms with Gasteiger partial charge in [0.2, 0.25) is 5.91 Å². The van der Waals surface area contributed by atoms with Crippen LogP contribution in [0.25, 0.3) is 0 Å². The zero-order chi connectivity index (χ0) is 21.3. The number of hydrogen-bond donors (Lipinski definition) is 1. The van der Waals surface area contributed by atoms with Crippen LogP contribution in [0.15, 0.2) is 24.3 Å². The highest BCUT2D eigenvalue weighted by Gasteiger charge is 2.25. The molecule has 0 aliphatic carbocycles. The topological polar surface area (TPSA) is 64.7 Å². The summed E-state index contributed by atoms with van der Waals surface area (Å²) in [6.45, 7) is 10.1. The van der Waals surface area contributed by atoms with E-state index in [2.05, 4.69) is 15.5 Å². The van der Waals surface area contributed by atoms with Gasteiger partial charge in [0.25, 0.3) is 0 Å². The second-order valence-electron chi connectivity index (χ2n) is 7.17. The third-order valence-corrected chi connectivity index (χ3v) is 5.90. The molecule has 2 aromatic heterocycles. The van der Waals surface area contributed by atoms with Crippen LogP contribution in [-0.2, 0) is 11.3 Å². The summed E-state index contributed by atoms with van der Waals surface area (Å²) >= 11 is 12.2. The van der Waals surface area contributed by atoms with Gasteiger partial charge in [-0.25, -0.2) is 0 Å². The summed E-state index contributed by atoms with van der Waals surface area (Å²) < 4.78 is 3.59. The lowest BCUT2D eigenvalue weighted by atomic mass is 10.2. The summed E-state index contributed by atoms with van der Waals surface area (Å²) in [7, 11) is 0. The van der Waals surface area contributed by atoms with Crippen LogP contribution in [0.5, 0.6) is 0 Å². The Hall–Kier alpha value is -2.31. The van der Waals surface area contributed by atoms with E-state index in [4.69, 9.17) is 23.2 Å². The molecule has 0 spiro atoms. The molecule has 1 unspecified atom stereocenters. The molecular formula is C21H25Cl2N5O. The fourth-order valence-electron chi connectivity index (χ4n) is 3.42. The van der Waals surface area contributed by atoms with Gasteiger partial charge in [-0.3, -0.25) is 14.2 Å². The number of benzene rings is 1. The van der Waals surface area contributed by atoms with Crippen molar-refractivity contribution in [1.29, 1.82) is 0 Å². The van der Waals surface area contributed by atoms with Gasteiger partial charge in [0.15, 0.2) is 0 Å². The number of nitrogens with zero attached hydrogens (tertiary/aromatic N) is 4. The Bertz CT molecular complexity index is 1040. The van der Waals surface area contributed by atoms with E-state index in [9.17, 15) is 4.79 Å². The van der Waals surface area contributed by atoms with E-state index in [0.29, 0.717) is 23.0 Å². The summed E-state index contributed by atoms with van der Waals surface area (Å²) in [4.78, 5) is 13.1. The van der Waals surface area contributed by atoms with Crippen molar-refractivity contribution in [3.63, 3.8) is 0 Å². The van der Waals surface area contributed by atoms with Crippen molar-refractivity contribution in [2.45, 2.75) is 53.6 Å². The lowest BCUT2D eigenvalue weighted by Crippen LogP contribution is -2.27. The molecule has 1 atom stereocenters. The first kappa shape index (κ1) is 21.4. The maximum Gasteiger partial charge on any atom is 0.249 e. The number of amides is 1. The molecule has 3 aromatic rings. The van der Waals surface area contributed by atoms with Gasteiger partial charge >= 0.3 is 0 Å². The molecule has 0 saturated carbocycles. The molecule has 0 aliphatic rings. The van der Waals surface area contributed by atoms with Gasteiger partial charge in [-0.15, -0.1) is 0 Å². The molecule has 0 saturated heterocycles. The number of carbonyl (C=O) groups excluding carboxylic acids is 1. The van der Waals surface area contributed by atoms with Crippen LogP contribution in [0.3, 0.4) is 0 Å². The van der Waals surface area contributed by atoms with E-state index in [0.717, 1.165) is 34.0 Å². The summed E-state index contributed by atoms with van der Waals surface area (Å²) in [5, 5.41) is 13.4. The monoisotopic (exact) mass is 433 g/mol. The first-order valence-corrected chi connectivity index (χ1v) is 10.3. The standard InChI is InChI=1S/C21H25Cl2N5O/c1-6-18(28-14(4)19(23)12(2)26-28)21(29)24-20-13(3)25-27(15(20)5)11-16-7-9-17(22)10-8-16/h7-10,18H,6,11H2,1-5H3,(H,24,29). The number of hydrogen-bond acceptors (Lipinski definition) is 3. The Balaban J connectivity index is 1.83. The molecule has 154 valence electrons. The summed E-state index contributed by atoms with van der Waals surface area (Å²) in [6.07, 6.45) is 0.598. The fourth-order valence-corrected chi connectivity index (χ4v) is 3.67. The van der Waals surface area contributed by atoms with Crippen molar-refractivity contribution >= 4 is 34.8 Å². The number of anilines is 1. The van der Waals surface area contributed by atoms with Crippen molar-refractivity contribution in [3.05, 3.63) is 62.6 Å². The molecule has 1 amide bonds. The Morgan fingerprint density at radius 3 is 2.24 bits per heavy atom. The number of carbonyl (C=O) groups is 1. The van der Waals surface area contributed by atoms with E-state index < -0.39 is 6.04 Å². The molecule has 1 aromatic carbocycles. The van der Waals surface area contributed by atoms with Crippen LogP contribution >= 0.6 is 23.2 Å². The maximum atomic E-state index is 13.1. The zero-order valence-corrected chi connectivity index (χ0v) is 18.8. The minimum Gasteiger partial charge on any atom is -0.321 e. The van der Waals surface area contributed by atoms with Gasteiger partial charge in [0.05, 0.1) is 40.0 Å². The average molecular weight is 434 g/mol. The lowest BCUT2D eigenvalue weighted by Gasteiger charge is -2.17. The molecular weight excluding hydrogens is 409 g/mol. The third kappa shape index (κ3) is 4.33. The molecule has 0 radical (unpaired) electrons. The minimum absolute atomic E-state index is 0.132. The maximum absolute atomic E-state index is 13.1. The van der Waals surface area contributed by atoms with Crippen LogP contribution in [0.1, 0.15) is 47.7 Å². The first-order chi connectivity index (χ1) is 13.7. The van der Waals surface area contributed by atoms with Crippen LogP contribution in [0.2, 0.25) is 10.0 Å². The number of halogens is 2. The molecule has 8 heteroatoms. The third-order valence-electron chi connectivity index (χ3n) is 5.10. The second kappa shape index (κ2) is 8.59. The molecule has 2 heterocycles. The van der Waals surface area contributed by atoms with Crippen LogP contribution in [-0.4, -0.2) is 25.5 Å². The highest BCUT2D eigenvalue weighted by atomic mass is 35.5. The van der Waals surface area contributed by atoms with Crippen LogP contribution in [0, 0.1) is 27.7 Å². The number of aromatic nitrogens is 4.